The lowest BCUT2D eigenvalue weighted by Crippen LogP contribution is -2.13. The van der Waals surface area contributed by atoms with Crippen LogP contribution in [0, 0.1) is 0 Å². The number of para-hydroxylation sites is 1. The molecule has 0 aliphatic rings. The van der Waals surface area contributed by atoms with Crippen molar-refractivity contribution in [1.82, 2.24) is 4.98 Å². The molecule has 1 aromatic heterocycles. The number of unbranched alkanes of at least 4 members (excludes halogenated alkanes) is 1. The van der Waals surface area contributed by atoms with Gasteiger partial charge < -0.3 is 14.8 Å². The Morgan fingerprint density at radius 2 is 1.66 bits per heavy atom. The quantitative estimate of drug-likeness (QED) is 0.224. The van der Waals surface area contributed by atoms with Crippen molar-refractivity contribution in [2.24, 2.45) is 0 Å². The zero-order valence-electron chi connectivity index (χ0n) is 19.9. The maximum Gasteiger partial charge on any atom is 0.338 e. The van der Waals surface area contributed by atoms with Crippen LogP contribution >= 0.6 is 0 Å². The number of carbonyl (C=O) groups excluding carboxylic acids is 2. The van der Waals surface area contributed by atoms with E-state index in [9.17, 15) is 9.59 Å². The number of hydrogen-bond donors (Lipinski definition) is 1. The topological polar surface area (TPSA) is 77.5 Å². The van der Waals surface area contributed by atoms with E-state index in [1.807, 2.05) is 62.4 Å². The number of esters is 1. The molecule has 1 amide bonds. The van der Waals surface area contributed by atoms with Gasteiger partial charge in [0.1, 0.15) is 5.75 Å². The lowest BCUT2D eigenvalue weighted by molar-refractivity contribution is 0.0499. The molecule has 0 fully saturated rings. The first-order valence-corrected chi connectivity index (χ1v) is 11.8. The third kappa shape index (κ3) is 5.84. The highest BCUT2D eigenvalue weighted by atomic mass is 16.5. The first-order chi connectivity index (χ1) is 17.1. The molecule has 0 spiro atoms. The summed E-state index contributed by atoms with van der Waals surface area (Å²) in [6, 6.07) is 23.7. The third-order valence-corrected chi connectivity index (χ3v) is 5.53. The number of pyridine rings is 1. The van der Waals surface area contributed by atoms with E-state index >= 15 is 0 Å². The molecule has 4 aromatic rings. The average molecular weight is 469 g/mol. The molecule has 0 radical (unpaired) electrons. The summed E-state index contributed by atoms with van der Waals surface area (Å²) in [6.45, 7) is 4.98. The van der Waals surface area contributed by atoms with Crippen molar-refractivity contribution in [2.45, 2.75) is 26.7 Å². The van der Waals surface area contributed by atoms with E-state index in [-0.39, 0.29) is 11.9 Å². The molecule has 178 valence electrons. The van der Waals surface area contributed by atoms with Crippen molar-refractivity contribution in [3.63, 3.8) is 0 Å². The summed E-state index contributed by atoms with van der Waals surface area (Å²) >= 11 is 0. The minimum Gasteiger partial charge on any atom is -0.494 e. The zero-order chi connectivity index (χ0) is 24.6. The molecule has 0 saturated carbocycles. The second kappa shape index (κ2) is 11.3. The van der Waals surface area contributed by atoms with Gasteiger partial charge in [-0.05, 0) is 74.0 Å². The largest absolute Gasteiger partial charge is 0.494 e. The average Bonchev–Trinajstić information content (AvgIpc) is 2.89. The van der Waals surface area contributed by atoms with E-state index in [1.165, 1.54) is 0 Å². The molecule has 6 nitrogen and oxygen atoms in total. The fourth-order valence-corrected chi connectivity index (χ4v) is 3.68. The molecular weight excluding hydrogens is 440 g/mol. The van der Waals surface area contributed by atoms with Crippen LogP contribution in [0.25, 0.3) is 22.2 Å². The van der Waals surface area contributed by atoms with E-state index in [2.05, 4.69) is 5.32 Å². The Hall–Kier alpha value is -4.19. The summed E-state index contributed by atoms with van der Waals surface area (Å²) in [4.78, 5) is 30.2. The van der Waals surface area contributed by atoms with Crippen LogP contribution in [0.1, 0.15) is 47.4 Å². The Balaban J connectivity index is 1.58. The lowest BCUT2D eigenvalue weighted by atomic mass is 10.0. The number of carbonyl (C=O) groups is 2. The Morgan fingerprint density at radius 3 is 2.37 bits per heavy atom. The highest BCUT2D eigenvalue weighted by Crippen LogP contribution is 2.27. The molecule has 0 unspecified atom stereocenters. The molecule has 0 atom stereocenters. The standard InChI is InChI=1S/C29H28N2O4/c1-3-5-18-35-29(33)21-10-14-22(15-11-21)30-28(32)25-19-27(31-26-9-7-6-8-24(25)26)20-12-16-23(17-13-20)34-4-2/h6-17,19H,3-5,18H2,1-2H3,(H,30,32). The summed E-state index contributed by atoms with van der Waals surface area (Å²) in [5, 5.41) is 3.69. The molecular formula is C29H28N2O4. The van der Waals surface area contributed by atoms with Gasteiger partial charge in [0.15, 0.2) is 0 Å². The summed E-state index contributed by atoms with van der Waals surface area (Å²) in [7, 11) is 0. The van der Waals surface area contributed by atoms with Crippen LogP contribution in [-0.2, 0) is 4.74 Å². The van der Waals surface area contributed by atoms with Crippen LogP contribution in [0.3, 0.4) is 0 Å². The van der Waals surface area contributed by atoms with Gasteiger partial charge in [-0.3, -0.25) is 4.79 Å². The van der Waals surface area contributed by atoms with Gasteiger partial charge >= 0.3 is 5.97 Å². The van der Waals surface area contributed by atoms with E-state index in [4.69, 9.17) is 14.5 Å². The number of hydrogen-bond acceptors (Lipinski definition) is 5. The molecule has 6 heteroatoms. The normalized spacial score (nSPS) is 10.7. The molecule has 3 aromatic carbocycles. The van der Waals surface area contributed by atoms with Gasteiger partial charge in [-0.2, -0.15) is 0 Å². The van der Waals surface area contributed by atoms with E-state index in [0.29, 0.717) is 35.7 Å². The number of anilines is 1. The fraction of sp³-hybridized carbons (Fsp3) is 0.207. The molecule has 1 heterocycles. The lowest BCUT2D eigenvalue weighted by Gasteiger charge is -2.12. The van der Waals surface area contributed by atoms with E-state index in [1.54, 1.807) is 30.3 Å². The van der Waals surface area contributed by atoms with Gasteiger partial charge in [0, 0.05) is 16.6 Å². The molecule has 1 N–H and O–H groups in total. The predicted molar refractivity (Wildman–Crippen MR) is 138 cm³/mol. The first-order valence-electron chi connectivity index (χ1n) is 11.8. The molecule has 0 bridgehead atoms. The minimum absolute atomic E-state index is 0.256. The van der Waals surface area contributed by atoms with Gasteiger partial charge in [-0.1, -0.05) is 31.5 Å². The van der Waals surface area contributed by atoms with Crippen molar-refractivity contribution in [1.29, 1.82) is 0 Å². The van der Waals surface area contributed by atoms with E-state index in [0.717, 1.165) is 35.1 Å². The smallest absolute Gasteiger partial charge is 0.338 e. The van der Waals surface area contributed by atoms with Crippen LogP contribution in [-0.4, -0.2) is 30.1 Å². The van der Waals surface area contributed by atoms with Crippen molar-refractivity contribution >= 4 is 28.5 Å². The zero-order valence-corrected chi connectivity index (χ0v) is 19.9. The first kappa shape index (κ1) is 24.0. The highest BCUT2D eigenvalue weighted by molar-refractivity contribution is 6.13. The Labute approximate surface area is 204 Å². The Bertz CT molecular complexity index is 1320. The number of rotatable bonds is 9. The number of ether oxygens (including phenoxy) is 2. The number of nitrogens with one attached hydrogen (secondary N) is 1. The number of nitrogens with zero attached hydrogens (tertiary/aromatic N) is 1. The molecule has 0 saturated heterocycles. The summed E-state index contributed by atoms with van der Waals surface area (Å²) in [6.07, 6.45) is 1.79. The van der Waals surface area contributed by atoms with Crippen molar-refractivity contribution in [3.05, 3.63) is 90.0 Å². The van der Waals surface area contributed by atoms with Crippen molar-refractivity contribution < 1.29 is 19.1 Å². The van der Waals surface area contributed by atoms with Crippen LogP contribution < -0.4 is 10.1 Å². The van der Waals surface area contributed by atoms with Crippen LogP contribution in [0.4, 0.5) is 5.69 Å². The second-order valence-corrected chi connectivity index (χ2v) is 8.05. The number of fused-ring (bicyclic) bond motifs is 1. The van der Waals surface area contributed by atoms with Crippen molar-refractivity contribution in [3.8, 4) is 17.0 Å². The van der Waals surface area contributed by atoms with Gasteiger partial charge in [-0.15, -0.1) is 0 Å². The fourth-order valence-electron chi connectivity index (χ4n) is 3.68. The highest BCUT2D eigenvalue weighted by Gasteiger charge is 2.15. The van der Waals surface area contributed by atoms with Crippen LogP contribution in [0.5, 0.6) is 5.75 Å². The number of benzene rings is 3. The molecule has 35 heavy (non-hydrogen) atoms. The maximum atomic E-state index is 13.3. The Morgan fingerprint density at radius 1 is 0.914 bits per heavy atom. The number of amides is 1. The minimum atomic E-state index is -0.364. The van der Waals surface area contributed by atoms with Crippen LogP contribution in [0.2, 0.25) is 0 Å². The van der Waals surface area contributed by atoms with Gasteiger partial charge in [0.25, 0.3) is 5.91 Å². The monoisotopic (exact) mass is 468 g/mol. The van der Waals surface area contributed by atoms with Crippen LogP contribution in [0.15, 0.2) is 78.9 Å². The third-order valence-electron chi connectivity index (χ3n) is 5.53. The predicted octanol–water partition coefficient (Wildman–Crippen LogP) is 6.51. The maximum absolute atomic E-state index is 13.3. The van der Waals surface area contributed by atoms with Gasteiger partial charge in [0.2, 0.25) is 0 Å². The van der Waals surface area contributed by atoms with E-state index < -0.39 is 0 Å². The number of aromatic nitrogens is 1. The van der Waals surface area contributed by atoms with Gasteiger partial charge in [0.05, 0.1) is 35.6 Å². The van der Waals surface area contributed by atoms with Crippen molar-refractivity contribution in [2.75, 3.05) is 18.5 Å². The summed E-state index contributed by atoms with van der Waals surface area (Å²) in [5.74, 6) is 0.165. The second-order valence-electron chi connectivity index (χ2n) is 8.05. The SMILES string of the molecule is CCCCOC(=O)c1ccc(NC(=O)c2cc(-c3ccc(OCC)cc3)nc3ccccc23)cc1. The Kier molecular flexibility index (Phi) is 7.73. The summed E-state index contributed by atoms with van der Waals surface area (Å²) < 4.78 is 10.8. The molecule has 0 aliphatic carbocycles. The molecule has 0 aliphatic heterocycles. The van der Waals surface area contributed by atoms with Gasteiger partial charge in [-0.25, -0.2) is 9.78 Å². The molecule has 4 rings (SSSR count). The summed E-state index contributed by atoms with van der Waals surface area (Å²) in [5.41, 5.74) is 3.87.